The Morgan fingerprint density at radius 2 is 0.821 bits per heavy atom. The summed E-state index contributed by atoms with van der Waals surface area (Å²) in [6.07, 6.45) is 67.7. The lowest BCUT2D eigenvalue weighted by atomic mass is 10.0. The maximum Gasteiger partial charge on any atom is 0.472 e. The lowest BCUT2D eigenvalue weighted by Crippen LogP contribution is -2.29. The van der Waals surface area contributed by atoms with Crippen molar-refractivity contribution in [2.24, 2.45) is 5.73 Å². The maximum atomic E-state index is 12.7. The third kappa shape index (κ3) is 52.4. The molecule has 0 spiro atoms. The van der Waals surface area contributed by atoms with E-state index in [1.54, 1.807) is 0 Å². The van der Waals surface area contributed by atoms with Crippen molar-refractivity contribution in [1.29, 1.82) is 0 Å². The summed E-state index contributed by atoms with van der Waals surface area (Å²) in [7, 11) is -4.39. The third-order valence-electron chi connectivity index (χ3n) is 11.3. The summed E-state index contributed by atoms with van der Waals surface area (Å²) in [5.41, 5.74) is 5.37. The van der Waals surface area contributed by atoms with E-state index in [-0.39, 0.29) is 38.6 Å². The van der Waals surface area contributed by atoms with Crippen molar-refractivity contribution < 1.29 is 37.6 Å². The molecule has 0 aromatic carbocycles. The molecule has 0 amide bonds. The van der Waals surface area contributed by atoms with E-state index in [0.29, 0.717) is 6.42 Å². The molecule has 0 bridgehead atoms. The molecule has 0 aliphatic rings. The summed E-state index contributed by atoms with van der Waals surface area (Å²) < 4.78 is 33.0. The number of carbonyl (C=O) groups is 2. The highest BCUT2D eigenvalue weighted by atomic mass is 31.2. The van der Waals surface area contributed by atoms with Crippen molar-refractivity contribution in [2.45, 2.75) is 238 Å². The van der Waals surface area contributed by atoms with Crippen LogP contribution in [0.5, 0.6) is 0 Å². The Balaban J connectivity index is 4.03. The highest BCUT2D eigenvalue weighted by Crippen LogP contribution is 2.43. The van der Waals surface area contributed by atoms with Gasteiger partial charge in [0.1, 0.15) is 6.61 Å². The van der Waals surface area contributed by atoms with Crippen LogP contribution in [0.25, 0.3) is 0 Å². The highest BCUT2D eigenvalue weighted by Gasteiger charge is 2.26. The zero-order chi connectivity index (χ0) is 48.8. The smallest absolute Gasteiger partial charge is 0.462 e. The fraction of sp³-hybridized carbons (Fsp3) is 0.719. The number of hydrogen-bond acceptors (Lipinski definition) is 8. The van der Waals surface area contributed by atoms with Crippen molar-refractivity contribution in [3.05, 3.63) is 85.1 Å². The first-order chi connectivity index (χ1) is 32.8. The number of rotatable bonds is 50. The van der Waals surface area contributed by atoms with Gasteiger partial charge in [-0.15, -0.1) is 0 Å². The lowest BCUT2D eigenvalue weighted by molar-refractivity contribution is -0.161. The van der Waals surface area contributed by atoms with Gasteiger partial charge in [-0.05, 0) is 89.9 Å². The second-order valence-electron chi connectivity index (χ2n) is 17.7. The van der Waals surface area contributed by atoms with Crippen molar-refractivity contribution in [3.63, 3.8) is 0 Å². The molecule has 3 N–H and O–H groups in total. The molecular weight excluding hydrogens is 858 g/mol. The van der Waals surface area contributed by atoms with Crippen LogP contribution in [0.1, 0.15) is 232 Å². The zero-order valence-electron chi connectivity index (χ0n) is 42.9. The number of hydrogen-bond donors (Lipinski definition) is 2. The van der Waals surface area contributed by atoms with Gasteiger partial charge < -0.3 is 20.1 Å². The lowest BCUT2D eigenvalue weighted by Gasteiger charge is -2.19. The fourth-order valence-corrected chi connectivity index (χ4v) is 8.05. The molecule has 0 aromatic rings. The van der Waals surface area contributed by atoms with Crippen LogP contribution >= 0.6 is 7.82 Å². The SMILES string of the molecule is CC/C=C\C/C=C\C/C=C\C/C=C\CCCCCCCCC(=O)OC(COC(=O)CCCCCCCCCCCCCC/C=C\C/C=C\C/C=C\CCCCCCC)COP(=O)(O)OCCN. The van der Waals surface area contributed by atoms with E-state index in [1.165, 1.54) is 103 Å². The molecule has 0 aliphatic heterocycles. The molecule has 0 saturated carbocycles. The third-order valence-corrected chi connectivity index (χ3v) is 12.2. The number of phosphoric acid groups is 1. The number of phosphoric ester groups is 1. The molecule has 10 heteroatoms. The Morgan fingerprint density at radius 1 is 0.463 bits per heavy atom. The second kappa shape index (κ2) is 52.6. The summed E-state index contributed by atoms with van der Waals surface area (Å²) in [6.45, 7) is 3.60. The van der Waals surface area contributed by atoms with E-state index in [0.717, 1.165) is 96.3 Å². The molecule has 2 unspecified atom stereocenters. The van der Waals surface area contributed by atoms with Gasteiger partial charge in [-0.1, -0.05) is 214 Å². The van der Waals surface area contributed by atoms with E-state index in [1.807, 2.05) is 0 Å². The number of unbranched alkanes of at least 4 members (excludes halogenated alkanes) is 23. The molecule has 0 heterocycles. The normalized spacial score (nSPS) is 13.8. The number of nitrogens with two attached hydrogens (primary N) is 1. The summed E-state index contributed by atoms with van der Waals surface area (Å²) in [4.78, 5) is 35.1. The summed E-state index contributed by atoms with van der Waals surface area (Å²) in [6, 6.07) is 0. The summed E-state index contributed by atoms with van der Waals surface area (Å²) in [5.74, 6) is -0.847. The monoisotopic (exact) mass is 958 g/mol. The molecular formula is C57H100NO8P. The maximum absolute atomic E-state index is 12.7. The molecule has 67 heavy (non-hydrogen) atoms. The van der Waals surface area contributed by atoms with E-state index in [2.05, 4.69) is 98.9 Å². The van der Waals surface area contributed by atoms with Gasteiger partial charge in [-0.3, -0.25) is 18.6 Å². The Kier molecular flexibility index (Phi) is 50.4. The zero-order valence-corrected chi connectivity index (χ0v) is 43.8. The van der Waals surface area contributed by atoms with Crippen LogP contribution in [0.3, 0.4) is 0 Å². The van der Waals surface area contributed by atoms with E-state index in [4.69, 9.17) is 24.3 Å². The standard InChI is InChI=1S/C57H100NO8P/c1-3-5-7-9-11-13-15-17-19-21-23-24-25-26-27-28-29-30-32-33-35-37-39-41-43-45-47-49-56(59)63-53-55(54-65-67(61,62)64-52-51-58)66-57(60)50-48-46-44-42-40-38-36-34-31-22-20-18-16-14-12-10-8-6-4-2/h6,8,12,14-15,17-18,20-21,23,25-26,31,34,55H,3-5,7,9-11,13,16,19,22,24,27-30,32-33,35-54,58H2,1-2H3,(H,61,62)/b8-6-,14-12-,17-15-,20-18-,23-21-,26-25-,34-31-. The Hall–Kier alpha value is -2.81. The van der Waals surface area contributed by atoms with Crippen LogP contribution < -0.4 is 5.73 Å². The molecule has 386 valence electrons. The highest BCUT2D eigenvalue weighted by molar-refractivity contribution is 7.47. The molecule has 2 atom stereocenters. The molecule has 0 aliphatic carbocycles. The minimum Gasteiger partial charge on any atom is -0.462 e. The Labute approximate surface area is 411 Å². The second-order valence-corrected chi connectivity index (χ2v) is 19.2. The van der Waals surface area contributed by atoms with Crippen LogP contribution in [0, 0.1) is 0 Å². The van der Waals surface area contributed by atoms with Crippen molar-refractivity contribution >= 4 is 19.8 Å². The minimum absolute atomic E-state index is 0.0467. The minimum atomic E-state index is -4.39. The first-order valence-corrected chi connectivity index (χ1v) is 28.6. The van der Waals surface area contributed by atoms with Gasteiger partial charge >= 0.3 is 19.8 Å². The molecule has 0 rings (SSSR count). The van der Waals surface area contributed by atoms with Crippen LogP contribution in [0.15, 0.2) is 85.1 Å². The largest absolute Gasteiger partial charge is 0.472 e. The van der Waals surface area contributed by atoms with Crippen molar-refractivity contribution in [1.82, 2.24) is 0 Å². The number of esters is 2. The van der Waals surface area contributed by atoms with Crippen LogP contribution in [0.2, 0.25) is 0 Å². The Bertz CT molecular complexity index is 1370. The Morgan fingerprint density at radius 3 is 1.22 bits per heavy atom. The van der Waals surface area contributed by atoms with Crippen LogP contribution in [-0.4, -0.2) is 49.3 Å². The van der Waals surface area contributed by atoms with Gasteiger partial charge in [0.15, 0.2) is 6.10 Å². The number of allylic oxidation sites excluding steroid dienone is 14. The van der Waals surface area contributed by atoms with Gasteiger partial charge in [0, 0.05) is 19.4 Å². The van der Waals surface area contributed by atoms with Crippen molar-refractivity contribution in [2.75, 3.05) is 26.4 Å². The molecule has 0 radical (unpaired) electrons. The summed E-state index contributed by atoms with van der Waals surface area (Å²) in [5, 5.41) is 0. The molecule has 0 fully saturated rings. The van der Waals surface area contributed by atoms with Crippen LogP contribution in [0.4, 0.5) is 0 Å². The van der Waals surface area contributed by atoms with Crippen molar-refractivity contribution in [3.8, 4) is 0 Å². The first kappa shape index (κ1) is 64.2. The topological polar surface area (TPSA) is 134 Å². The van der Waals surface area contributed by atoms with E-state index >= 15 is 0 Å². The number of ether oxygens (including phenoxy) is 2. The van der Waals surface area contributed by atoms with Gasteiger partial charge in [0.05, 0.1) is 13.2 Å². The molecule has 0 saturated heterocycles. The van der Waals surface area contributed by atoms with Gasteiger partial charge in [-0.25, -0.2) is 4.57 Å². The fourth-order valence-electron chi connectivity index (χ4n) is 7.28. The van der Waals surface area contributed by atoms with E-state index in [9.17, 15) is 19.0 Å². The molecule has 0 aromatic heterocycles. The van der Waals surface area contributed by atoms with Crippen LogP contribution in [-0.2, 0) is 32.7 Å². The van der Waals surface area contributed by atoms with Gasteiger partial charge in [-0.2, -0.15) is 0 Å². The van der Waals surface area contributed by atoms with Gasteiger partial charge in [0.25, 0.3) is 0 Å². The average molecular weight is 958 g/mol. The summed E-state index contributed by atoms with van der Waals surface area (Å²) >= 11 is 0. The van der Waals surface area contributed by atoms with E-state index < -0.39 is 26.5 Å². The van der Waals surface area contributed by atoms with Gasteiger partial charge in [0.2, 0.25) is 0 Å². The predicted molar refractivity (Wildman–Crippen MR) is 284 cm³/mol. The quantitative estimate of drug-likeness (QED) is 0.0264. The molecule has 9 nitrogen and oxygen atoms in total. The number of carbonyl (C=O) groups excluding carboxylic acids is 2. The predicted octanol–water partition coefficient (Wildman–Crippen LogP) is 16.7. The first-order valence-electron chi connectivity index (χ1n) is 27.1. The average Bonchev–Trinajstić information content (AvgIpc) is 3.32.